The Bertz CT molecular complexity index is 906. The van der Waals surface area contributed by atoms with Crippen LogP contribution in [0.2, 0.25) is 0 Å². The maximum Gasteiger partial charge on any atom is 0.227 e. The number of hydrogen-bond donors (Lipinski definition) is 0. The van der Waals surface area contributed by atoms with Crippen LogP contribution in [0.3, 0.4) is 0 Å². The van der Waals surface area contributed by atoms with Crippen LogP contribution in [0.5, 0.6) is 0 Å². The number of imidazole rings is 1. The minimum Gasteiger partial charge on any atom is -0.376 e. The Morgan fingerprint density at radius 3 is 2.82 bits per heavy atom. The standard InChI is InChI=1S/C19H28N4O3S2/c1-22(13-18-21-16-7-3-4-8-17(16)27-18)11-14-10-20-19(28(2,24)25)23(14)12-15-6-5-9-26-15/h10,15H,3-9,11-13H2,1-2H3/t15-/m0/s1. The zero-order chi connectivity index (χ0) is 19.7. The molecule has 2 aromatic heterocycles. The van der Waals surface area contributed by atoms with E-state index in [1.807, 2.05) is 23.0 Å². The number of aromatic nitrogens is 3. The second kappa shape index (κ2) is 8.22. The number of thiazole rings is 1. The van der Waals surface area contributed by atoms with Gasteiger partial charge in [-0.15, -0.1) is 11.3 Å². The van der Waals surface area contributed by atoms with E-state index in [0.717, 1.165) is 49.5 Å². The van der Waals surface area contributed by atoms with Gasteiger partial charge in [-0.3, -0.25) is 4.90 Å². The average Bonchev–Trinajstić information content (AvgIpc) is 3.34. The fourth-order valence-electron chi connectivity index (χ4n) is 4.04. The fraction of sp³-hybridized carbons (Fsp3) is 0.684. The lowest BCUT2D eigenvalue weighted by Gasteiger charge is -2.19. The van der Waals surface area contributed by atoms with Crippen LogP contribution in [0.1, 0.15) is 47.0 Å². The highest BCUT2D eigenvalue weighted by Gasteiger charge is 2.24. The van der Waals surface area contributed by atoms with E-state index >= 15 is 0 Å². The number of aryl methyl sites for hydroxylation is 2. The lowest BCUT2D eigenvalue weighted by molar-refractivity contribution is 0.0934. The molecule has 0 spiro atoms. The lowest BCUT2D eigenvalue weighted by Crippen LogP contribution is -2.24. The lowest BCUT2D eigenvalue weighted by atomic mass is 10.0. The summed E-state index contributed by atoms with van der Waals surface area (Å²) >= 11 is 1.82. The summed E-state index contributed by atoms with van der Waals surface area (Å²) in [4.78, 5) is 12.7. The van der Waals surface area contributed by atoms with Gasteiger partial charge in [0.2, 0.25) is 15.0 Å². The molecule has 9 heteroatoms. The monoisotopic (exact) mass is 424 g/mol. The zero-order valence-electron chi connectivity index (χ0n) is 16.6. The number of sulfone groups is 1. The highest BCUT2D eigenvalue weighted by Crippen LogP contribution is 2.27. The van der Waals surface area contributed by atoms with E-state index in [1.54, 1.807) is 6.20 Å². The van der Waals surface area contributed by atoms with Crippen molar-refractivity contribution in [2.75, 3.05) is 19.9 Å². The first-order chi connectivity index (χ1) is 13.4. The van der Waals surface area contributed by atoms with Crippen LogP contribution in [-0.2, 0) is 47.1 Å². The number of ether oxygens (including phenoxy) is 1. The molecule has 3 heterocycles. The summed E-state index contributed by atoms with van der Waals surface area (Å²) in [5.74, 6) is 0. The van der Waals surface area contributed by atoms with E-state index < -0.39 is 9.84 Å². The number of nitrogens with zero attached hydrogens (tertiary/aromatic N) is 4. The highest BCUT2D eigenvalue weighted by atomic mass is 32.2. The van der Waals surface area contributed by atoms with Crippen molar-refractivity contribution in [1.82, 2.24) is 19.4 Å². The normalized spacial score (nSPS) is 20.0. The van der Waals surface area contributed by atoms with Crippen molar-refractivity contribution in [3.8, 4) is 0 Å². The van der Waals surface area contributed by atoms with Crippen LogP contribution in [-0.4, -0.2) is 53.9 Å². The third-order valence-electron chi connectivity index (χ3n) is 5.37. The summed E-state index contributed by atoms with van der Waals surface area (Å²) in [7, 11) is -1.34. The van der Waals surface area contributed by atoms with Crippen LogP contribution in [0.25, 0.3) is 0 Å². The van der Waals surface area contributed by atoms with Crippen molar-refractivity contribution in [1.29, 1.82) is 0 Å². The molecule has 1 atom stereocenters. The second-order valence-corrected chi connectivity index (χ2v) is 11.0. The molecule has 7 nitrogen and oxygen atoms in total. The molecule has 0 amide bonds. The van der Waals surface area contributed by atoms with Crippen LogP contribution in [0, 0.1) is 0 Å². The average molecular weight is 425 g/mol. The van der Waals surface area contributed by atoms with Crippen molar-refractivity contribution in [3.63, 3.8) is 0 Å². The molecule has 4 rings (SSSR count). The van der Waals surface area contributed by atoms with Gasteiger partial charge in [0.1, 0.15) is 5.01 Å². The number of rotatable bonds is 7. The Hall–Kier alpha value is -1.29. The van der Waals surface area contributed by atoms with Crippen molar-refractivity contribution in [2.45, 2.75) is 69.4 Å². The minimum atomic E-state index is -3.38. The minimum absolute atomic E-state index is 0.0597. The van der Waals surface area contributed by atoms with Gasteiger partial charge < -0.3 is 9.30 Å². The Kier molecular flexibility index (Phi) is 5.87. The predicted octanol–water partition coefficient (Wildman–Crippen LogP) is 2.43. The number of hydrogen-bond acceptors (Lipinski definition) is 7. The first kappa shape index (κ1) is 20.0. The van der Waals surface area contributed by atoms with E-state index in [9.17, 15) is 8.42 Å². The van der Waals surface area contributed by atoms with Gasteiger partial charge in [0.25, 0.3) is 0 Å². The maximum absolute atomic E-state index is 12.2. The molecule has 0 N–H and O–H groups in total. The molecule has 2 aromatic rings. The van der Waals surface area contributed by atoms with Gasteiger partial charge in [-0.1, -0.05) is 0 Å². The van der Waals surface area contributed by atoms with Crippen LogP contribution in [0.4, 0.5) is 0 Å². The van der Waals surface area contributed by atoms with Gasteiger partial charge in [0, 0.05) is 24.3 Å². The van der Waals surface area contributed by atoms with Crippen molar-refractivity contribution in [3.05, 3.63) is 27.5 Å². The Morgan fingerprint density at radius 1 is 1.29 bits per heavy atom. The summed E-state index contributed by atoms with van der Waals surface area (Å²) in [5, 5.41) is 1.28. The van der Waals surface area contributed by atoms with E-state index in [4.69, 9.17) is 9.72 Å². The fourth-order valence-corrected chi connectivity index (χ4v) is 6.11. The van der Waals surface area contributed by atoms with Gasteiger partial charge in [0.15, 0.2) is 0 Å². The first-order valence-corrected chi connectivity index (χ1v) is 12.6. The van der Waals surface area contributed by atoms with Crippen molar-refractivity contribution >= 4 is 21.2 Å². The molecule has 0 aromatic carbocycles. The molecule has 1 saturated heterocycles. The summed E-state index contributed by atoms with van der Waals surface area (Å²) in [6.07, 6.45) is 9.71. The van der Waals surface area contributed by atoms with Crippen molar-refractivity contribution < 1.29 is 13.2 Å². The van der Waals surface area contributed by atoms with E-state index in [0.29, 0.717) is 13.1 Å². The SMILES string of the molecule is CN(Cc1nc2c(s1)CCCC2)Cc1cnc(S(C)(=O)=O)n1C[C@@H]1CCCO1. The van der Waals surface area contributed by atoms with Gasteiger partial charge in [-0.05, 0) is 45.6 Å². The largest absolute Gasteiger partial charge is 0.376 e. The summed E-state index contributed by atoms with van der Waals surface area (Å²) < 4.78 is 31.9. The van der Waals surface area contributed by atoms with Gasteiger partial charge in [-0.25, -0.2) is 18.4 Å². The molecular weight excluding hydrogens is 396 g/mol. The Morgan fingerprint density at radius 2 is 2.11 bits per heavy atom. The Balaban J connectivity index is 1.49. The molecular formula is C19H28N4O3S2. The predicted molar refractivity (Wildman–Crippen MR) is 108 cm³/mol. The molecule has 154 valence electrons. The molecule has 1 aliphatic carbocycles. The Labute approximate surface area is 170 Å². The van der Waals surface area contributed by atoms with E-state index in [1.165, 1.54) is 29.7 Å². The van der Waals surface area contributed by atoms with Gasteiger partial charge >= 0.3 is 0 Å². The van der Waals surface area contributed by atoms with Gasteiger partial charge in [0.05, 0.1) is 36.8 Å². The van der Waals surface area contributed by atoms with E-state index in [-0.39, 0.29) is 11.3 Å². The third-order valence-corrected chi connectivity index (χ3v) is 7.50. The molecule has 2 aliphatic rings. The first-order valence-electron chi connectivity index (χ1n) is 9.92. The summed E-state index contributed by atoms with van der Waals surface area (Å²) in [6.45, 7) is 2.67. The zero-order valence-corrected chi connectivity index (χ0v) is 18.2. The van der Waals surface area contributed by atoms with Crippen LogP contribution < -0.4 is 0 Å². The second-order valence-electron chi connectivity index (χ2n) is 7.91. The maximum atomic E-state index is 12.2. The molecule has 1 aliphatic heterocycles. The topological polar surface area (TPSA) is 77.3 Å². The van der Waals surface area contributed by atoms with E-state index in [2.05, 4.69) is 9.88 Å². The molecule has 1 fully saturated rings. The quantitative estimate of drug-likeness (QED) is 0.679. The molecule has 0 radical (unpaired) electrons. The third kappa shape index (κ3) is 4.48. The molecule has 0 unspecified atom stereocenters. The molecule has 28 heavy (non-hydrogen) atoms. The summed E-state index contributed by atoms with van der Waals surface area (Å²) in [5.41, 5.74) is 2.18. The highest BCUT2D eigenvalue weighted by molar-refractivity contribution is 7.90. The van der Waals surface area contributed by atoms with Crippen LogP contribution >= 0.6 is 11.3 Å². The molecule has 0 saturated carbocycles. The molecule has 0 bridgehead atoms. The van der Waals surface area contributed by atoms with Crippen LogP contribution in [0.15, 0.2) is 11.4 Å². The number of fused-ring (bicyclic) bond motifs is 1. The summed E-state index contributed by atoms with van der Waals surface area (Å²) in [6, 6.07) is 0. The smallest absolute Gasteiger partial charge is 0.227 e. The van der Waals surface area contributed by atoms with Crippen molar-refractivity contribution in [2.24, 2.45) is 0 Å². The van der Waals surface area contributed by atoms with Gasteiger partial charge in [-0.2, -0.15) is 0 Å².